The zero-order valence-electron chi connectivity index (χ0n) is 24.5. The predicted octanol–water partition coefficient (Wildman–Crippen LogP) is 5.44. The van der Waals surface area contributed by atoms with Gasteiger partial charge < -0.3 is 10.2 Å². The molecule has 0 aromatic carbocycles. The Labute approximate surface area is 242 Å². The van der Waals surface area contributed by atoms with Crippen LogP contribution in [-0.4, -0.2) is 71.0 Å². The van der Waals surface area contributed by atoms with Crippen LogP contribution < -0.4 is 10.7 Å². The normalized spacial score (nSPS) is 39.6. The number of amides is 1. The number of alkyl halides is 1. The summed E-state index contributed by atoms with van der Waals surface area (Å²) in [5.74, 6) is 3.62. The number of hydrogen-bond donors (Lipinski definition) is 2. The van der Waals surface area contributed by atoms with Crippen molar-refractivity contribution in [1.82, 2.24) is 20.7 Å². The fraction of sp³-hybridized carbons (Fsp3) is 0.871. The van der Waals surface area contributed by atoms with E-state index in [4.69, 9.17) is 7.49 Å². The van der Waals surface area contributed by atoms with Gasteiger partial charge in [0.25, 0.3) is 0 Å². The third-order valence-corrected chi connectivity index (χ3v) is 11.0. The third kappa shape index (κ3) is 7.04. The Balaban J connectivity index is 0.000000617. The van der Waals surface area contributed by atoms with Gasteiger partial charge in [-0.2, -0.15) is 0 Å². The number of piperidine rings is 2. The molecule has 3 aliphatic heterocycles. The Morgan fingerprint density at radius 2 is 1.74 bits per heavy atom. The first kappa shape index (κ1) is 30.5. The summed E-state index contributed by atoms with van der Waals surface area (Å²) in [7, 11) is 5.09. The third-order valence-electron chi connectivity index (χ3n) is 10.3. The molecule has 3 saturated heterocycles. The van der Waals surface area contributed by atoms with Gasteiger partial charge in [-0.1, -0.05) is 43.1 Å². The molecule has 3 heterocycles. The number of allylic oxidation sites excluding steroid dienone is 1. The van der Waals surface area contributed by atoms with Crippen LogP contribution in [-0.2, 0) is 4.79 Å². The Hall–Kier alpha value is -0.495. The SMILES string of the molecule is CCCC1NN(C2CCC(C3CC3)CC2)C2CCN(C(=O)C3CNC(Br)CC3C)C(CC)C12.[B]=C(C)C=C. The van der Waals surface area contributed by atoms with Crippen molar-refractivity contribution in [2.45, 2.75) is 127 Å². The van der Waals surface area contributed by atoms with Crippen molar-refractivity contribution in [3.63, 3.8) is 0 Å². The van der Waals surface area contributed by atoms with E-state index < -0.39 is 0 Å². The van der Waals surface area contributed by atoms with Gasteiger partial charge >= 0.3 is 32.5 Å². The second kappa shape index (κ2) is 13.9. The van der Waals surface area contributed by atoms with Gasteiger partial charge in [-0.05, 0) is 82.0 Å². The summed E-state index contributed by atoms with van der Waals surface area (Å²) in [5, 5.41) is 6.24. The Kier molecular flexibility index (Phi) is 11.2. The fourth-order valence-electron chi connectivity index (χ4n) is 8.03. The predicted molar refractivity (Wildman–Crippen MR) is 164 cm³/mol. The minimum absolute atomic E-state index is 0.122. The maximum absolute atomic E-state index is 13.8. The first-order chi connectivity index (χ1) is 18.3. The first-order valence-corrected chi connectivity index (χ1v) is 16.6. The van der Waals surface area contributed by atoms with Crippen LogP contribution in [0.5, 0.6) is 0 Å². The Bertz CT molecular complexity index is 814. The molecule has 213 valence electrons. The minimum atomic E-state index is 0.122. The maximum atomic E-state index is 13.8. The fourth-order valence-corrected chi connectivity index (χ4v) is 8.81. The van der Waals surface area contributed by atoms with Crippen LogP contribution >= 0.6 is 15.9 Å². The summed E-state index contributed by atoms with van der Waals surface area (Å²) >= 11 is 3.70. The zero-order chi connectivity index (χ0) is 27.4. The molecule has 0 bridgehead atoms. The van der Waals surface area contributed by atoms with Crippen molar-refractivity contribution < 1.29 is 4.79 Å². The average molecular weight is 589 g/mol. The van der Waals surface area contributed by atoms with Crippen LogP contribution in [0.1, 0.15) is 98.3 Å². The number of carbonyl (C=O) groups is 1. The summed E-state index contributed by atoms with van der Waals surface area (Å²) in [6.45, 7) is 13.8. The van der Waals surface area contributed by atoms with Gasteiger partial charge in [0, 0.05) is 43.2 Å². The topological polar surface area (TPSA) is 47.6 Å². The van der Waals surface area contributed by atoms with Gasteiger partial charge in [0.15, 0.2) is 0 Å². The van der Waals surface area contributed by atoms with Gasteiger partial charge in [0.1, 0.15) is 0 Å². The number of nitrogens with zero attached hydrogens (tertiary/aromatic N) is 2. The quantitative estimate of drug-likeness (QED) is 0.236. The van der Waals surface area contributed by atoms with E-state index in [-0.39, 0.29) is 5.92 Å². The number of halogens is 1. The number of hydrazine groups is 1. The van der Waals surface area contributed by atoms with Crippen molar-refractivity contribution in [2.75, 3.05) is 13.1 Å². The zero-order valence-corrected chi connectivity index (χ0v) is 26.1. The molecule has 1 amide bonds. The summed E-state index contributed by atoms with van der Waals surface area (Å²) in [4.78, 5) is 16.5. The van der Waals surface area contributed by atoms with E-state index in [2.05, 4.69) is 63.9 Å². The molecule has 7 atom stereocenters. The summed E-state index contributed by atoms with van der Waals surface area (Å²) < 4.78 is 0. The summed E-state index contributed by atoms with van der Waals surface area (Å²) in [6, 6.07) is 2.21. The molecule has 7 unspecified atom stereocenters. The van der Waals surface area contributed by atoms with Gasteiger partial charge in [0.05, 0.1) is 10.9 Å². The van der Waals surface area contributed by atoms with Crippen LogP contribution in [0.4, 0.5) is 0 Å². The Morgan fingerprint density at radius 3 is 2.26 bits per heavy atom. The van der Waals surface area contributed by atoms with Gasteiger partial charge in [-0.3, -0.25) is 10.2 Å². The second-order valence-corrected chi connectivity index (χ2v) is 14.0. The van der Waals surface area contributed by atoms with Crippen LogP contribution in [0, 0.1) is 29.6 Å². The van der Waals surface area contributed by atoms with Crippen molar-refractivity contribution in [1.29, 1.82) is 0 Å². The molecule has 2 N–H and O–H groups in total. The van der Waals surface area contributed by atoms with E-state index in [9.17, 15) is 4.79 Å². The van der Waals surface area contributed by atoms with Crippen molar-refractivity contribution in [3.05, 3.63) is 12.7 Å². The van der Waals surface area contributed by atoms with Crippen LogP contribution in [0.2, 0.25) is 0 Å². The molecule has 5 nitrogen and oxygen atoms in total. The average Bonchev–Trinajstić information content (AvgIpc) is 3.70. The molecule has 5 fully saturated rings. The van der Waals surface area contributed by atoms with Crippen LogP contribution in [0.15, 0.2) is 12.7 Å². The first-order valence-electron chi connectivity index (χ1n) is 15.7. The number of carbonyl (C=O) groups excluding carboxylic acids is 1. The molecule has 5 rings (SSSR count). The molecule has 2 aliphatic carbocycles. The van der Waals surface area contributed by atoms with E-state index >= 15 is 0 Å². The molecular weight excluding hydrogens is 535 g/mol. The molecule has 0 spiro atoms. The number of likely N-dealkylation sites (tertiary alicyclic amines) is 1. The van der Waals surface area contributed by atoms with E-state index in [1.54, 1.807) is 13.0 Å². The Morgan fingerprint density at radius 1 is 1.11 bits per heavy atom. The van der Waals surface area contributed by atoms with Gasteiger partial charge in [0.2, 0.25) is 5.91 Å². The second-order valence-electron chi connectivity index (χ2n) is 12.9. The number of nitrogens with one attached hydrogen (secondary N) is 2. The molecule has 2 saturated carbocycles. The van der Waals surface area contributed by atoms with Crippen molar-refractivity contribution >= 4 is 34.8 Å². The number of rotatable bonds is 7. The molecule has 1 radical (unpaired) electrons. The van der Waals surface area contributed by atoms with Gasteiger partial charge in [-0.25, -0.2) is 5.01 Å². The van der Waals surface area contributed by atoms with Crippen LogP contribution in [0.25, 0.3) is 0 Å². The molecule has 0 aromatic rings. The van der Waals surface area contributed by atoms with Crippen molar-refractivity contribution in [2.24, 2.45) is 29.6 Å². The summed E-state index contributed by atoms with van der Waals surface area (Å²) in [5.41, 5.74) is 4.83. The number of hydrogen-bond acceptors (Lipinski definition) is 4. The molecular formula is C31H53BBrN4O. The van der Waals surface area contributed by atoms with E-state index in [0.29, 0.717) is 46.9 Å². The standard InChI is InChI=1S/C27H47BrN4O.C4H6B/c1-4-6-22-26-23(5-2)31(27(33)21-16-29-25(28)15-17(21)3)14-13-24(26)32(30-22)20-11-9-19(10-12-20)18-7-8-18;1-3-4(2)5/h17-26,29-30H,4-16H2,1-3H3;3H,1H2,2H3. The van der Waals surface area contributed by atoms with E-state index in [1.165, 1.54) is 51.4 Å². The summed E-state index contributed by atoms with van der Waals surface area (Å²) in [6.07, 6.45) is 15.9. The van der Waals surface area contributed by atoms with Crippen LogP contribution in [0.3, 0.4) is 0 Å². The molecule has 7 heteroatoms. The molecule has 5 aliphatic rings. The van der Waals surface area contributed by atoms with Crippen molar-refractivity contribution in [3.8, 4) is 0 Å². The number of fused-ring (bicyclic) bond motifs is 1. The van der Waals surface area contributed by atoms with Gasteiger partial charge in [-0.15, -0.1) is 0 Å². The van der Waals surface area contributed by atoms with E-state index in [1.807, 2.05) is 0 Å². The monoisotopic (exact) mass is 587 g/mol. The molecule has 0 aromatic heterocycles. The molecule has 38 heavy (non-hydrogen) atoms. The van der Waals surface area contributed by atoms with E-state index in [0.717, 1.165) is 49.7 Å².